The van der Waals surface area contributed by atoms with Crippen LogP contribution in [-0.4, -0.2) is 38.1 Å². The zero-order chi connectivity index (χ0) is 14.5. The van der Waals surface area contributed by atoms with Crippen LogP contribution in [0.1, 0.15) is 39.5 Å². The van der Waals surface area contributed by atoms with Crippen LogP contribution in [0.2, 0.25) is 0 Å². The van der Waals surface area contributed by atoms with Crippen molar-refractivity contribution in [3.8, 4) is 0 Å². The van der Waals surface area contributed by atoms with Gasteiger partial charge in [-0.15, -0.1) is 0 Å². The Hall–Kier alpha value is -1.10. The van der Waals surface area contributed by atoms with E-state index in [0.717, 1.165) is 12.8 Å². The van der Waals surface area contributed by atoms with Gasteiger partial charge >= 0.3 is 5.97 Å². The smallest absolute Gasteiger partial charge is 0.331 e. The number of nitrogens with one attached hydrogen (secondary N) is 2. The van der Waals surface area contributed by atoms with Crippen molar-refractivity contribution >= 4 is 11.9 Å². The average Bonchev–Trinajstić information content (AvgIpc) is 2.40. The molecule has 1 unspecified atom stereocenters. The van der Waals surface area contributed by atoms with Gasteiger partial charge in [0.05, 0.1) is 7.11 Å². The number of hydrogen-bond donors (Lipinski definition) is 2. The maximum atomic E-state index is 12.1. The first-order chi connectivity index (χ1) is 8.95. The summed E-state index contributed by atoms with van der Waals surface area (Å²) in [5.41, 5.74) is -0.819. The van der Waals surface area contributed by atoms with E-state index in [-0.39, 0.29) is 17.8 Å². The number of amides is 1. The molecular formula is C14H26N2O3. The van der Waals surface area contributed by atoms with Crippen molar-refractivity contribution in [3.05, 3.63) is 0 Å². The highest BCUT2D eigenvalue weighted by atomic mass is 16.5. The summed E-state index contributed by atoms with van der Waals surface area (Å²) < 4.78 is 4.90. The van der Waals surface area contributed by atoms with Crippen LogP contribution in [0.25, 0.3) is 0 Å². The lowest BCUT2D eigenvalue weighted by Gasteiger charge is -2.38. The van der Waals surface area contributed by atoms with Gasteiger partial charge in [-0.2, -0.15) is 0 Å². The number of ether oxygens (including phenoxy) is 1. The monoisotopic (exact) mass is 270 g/mol. The number of methoxy groups -OCH3 is 1. The summed E-state index contributed by atoms with van der Waals surface area (Å²) in [5, 5.41) is 5.91. The number of hydrogen-bond acceptors (Lipinski definition) is 4. The van der Waals surface area contributed by atoms with Crippen LogP contribution >= 0.6 is 0 Å². The molecule has 0 saturated heterocycles. The van der Waals surface area contributed by atoms with Crippen molar-refractivity contribution in [2.75, 3.05) is 20.7 Å². The molecule has 5 nitrogen and oxygen atoms in total. The van der Waals surface area contributed by atoms with Crippen LogP contribution < -0.4 is 10.6 Å². The Balaban J connectivity index is 2.75. The molecule has 1 saturated carbocycles. The Morgan fingerprint density at radius 2 is 1.95 bits per heavy atom. The normalized spacial score (nSPS) is 28.5. The molecule has 19 heavy (non-hydrogen) atoms. The minimum atomic E-state index is -0.819. The van der Waals surface area contributed by atoms with Gasteiger partial charge in [-0.1, -0.05) is 13.8 Å². The largest absolute Gasteiger partial charge is 0.467 e. The number of carbonyl (C=O) groups is 2. The fraction of sp³-hybridized carbons (Fsp3) is 0.857. The van der Waals surface area contributed by atoms with Gasteiger partial charge in [0, 0.05) is 12.5 Å². The Bertz CT molecular complexity index is 323. The van der Waals surface area contributed by atoms with Gasteiger partial charge in [-0.3, -0.25) is 4.79 Å². The van der Waals surface area contributed by atoms with E-state index in [1.807, 2.05) is 14.0 Å². The highest BCUT2D eigenvalue weighted by Gasteiger charge is 2.43. The molecule has 1 aliphatic carbocycles. The molecule has 0 aliphatic heterocycles. The molecule has 2 N–H and O–H groups in total. The van der Waals surface area contributed by atoms with Crippen LogP contribution in [0, 0.1) is 11.8 Å². The van der Waals surface area contributed by atoms with E-state index in [9.17, 15) is 9.59 Å². The van der Waals surface area contributed by atoms with E-state index in [4.69, 9.17) is 4.74 Å². The molecule has 110 valence electrons. The van der Waals surface area contributed by atoms with E-state index < -0.39 is 5.54 Å². The quantitative estimate of drug-likeness (QED) is 0.734. The third kappa shape index (κ3) is 3.93. The molecule has 0 radical (unpaired) electrons. The molecule has 1 aliphatic rings. The van der Waals surface area contributed by atoms with Crippen LogP contribution in [0.15, 0.2) is 0 Å². The van der Waals surface area contributed by atoms with Crippen molar-refractivity contribution < 1.29 is 14.3 Å². The van der Waals surface area contributed by atoms with Gasteiger partial charge in [0.15, 0.2) is 0 Å². The minimum Gasteiger partial charge on any atom is -0.467 e. The van der Waals surface area contributed by atoms with E-state index in [1.165, 1.54) is 7.11 Å². The molecule has 0 aromatic rings. The highest BCUT2D eigenvalue weighted by Crippen LogP contribution is 2.33. The van der Waals surface area contributed by atoms with Gasteiger partial charge < -0.3 is 15.4 Å². The van der Waals surface area contributed by atoms with Gasteiger partial charge in [0.1, 0.15) is 5.54 Å². The Kier molecular flexibility index (Phi) is 5.79. The molecule has 0 spiro atoms. The SMILES string of the molecule is CNCC(C)C(=O)NC1(C(=O)OC)CCC(C)CC1. The topological polar surface area (TPSA) is 67.4 Å². The van der Waals surface area contributed by atoms with Gasteiger partial charge in [0.2, 0.25) is 5.91 Å². The summed E-state index contributed by atoms with van der Waals surface area (Å²) in [5.74, 6) is 0.0361. The zero-order valence-electron chi connectivity index (χ0n) is 12.4. The van der Waals surface area contributed by atoms with Crippen LogP contribution in [-0.2, 0) is 14.3 Å². The lowest BCUT2D eigenvalue weighted by molar-refractivity contribution is -0.153. The molecule has 1 fully saturated rings. The molecule has 0 heterocycles. The average molecular weight is 270 g/mol. The second-order valence-corrected chi connectivity index (χ2v) is 5.70. The highest BCUT2D eigenvalue weighted by molar-refractivity contribution is 5.89. The van der Waals surface area contributed by atoms with Crippen LogP contribution in [0.3, 0.4) is 0 Å². The molecule has 1 rings (SSSR count). The van der Waals surface area contributed by atoms with E-state index >= 15 is 0 Å². The van der Waals surface area contributed by atoms with E-state index in [1.54, 1.807) is 0 Å². The molecule has 0 aromatic carbocycles. The standard InChI is InChI=1S/C14H26N2O3/c1-10-5-7-14(8-6-10,13(18)19-4)16-12(17)11(2)9-15-3/h10-11,15H,5-9H2,1-4H3,(H,16,17). The van der Waals surface area contributed by atoms with Crippen molar-refractivity contribution in [2.24, 2.45) is 11.8 Å². The summed E-state index contributed by atoms with van der Waals surface area (Å²) in [4.78, 5) is 24.2. The second-order valence-electron chi connectivity index (χ2n) is 5.70. The summed E-state index contributed by atoms with van der Waals surface area (Å²) >= 11 is 0. The Morgan fingerprint density at radius 3 is 2.42 bits per heavy atom. The zero-order valence-corrected chi connectivity index (χ0v) is 12.4. The Morgan fingerprint density at radius 1 is 1.37 bits per heavy atom. The minimum absolute atomic E-state index is 0.0886. The Labute approximate surface area is 115 Å². The van der Waals surface area contributed by atoms with Crippen molar-refractivity contribution in [3.63, 3.8) is 0 Å². The molecule has 1 amide bonds. The first-order valence-corrected chi connectivity index (χ1v) is 7.00. The van der Waals surface area contributed by atoms with Gasteiger partial charge in [-0.05, 0) is 38.6 Å². The summed E-state index contributed by atoms with van der Waals surface area (Å²) in [7, 11) is 3.19. The number of carbonyl (C=O) groups excluding carboxylic acids is 2. The fourth-order valence-corrected chi connectivity index (χ4v) is 2.59. The molecule has 0 aromatic heterocycles. The van der Waals surface area contributed by atoms with E-state index in [2.05, 4.69) is 17.6 Å². The van der Waals surface area contributed by atoms with Crippen molar-refractivity contribution in [1.29, 1.82) is 0 Å². The predicted molar refractivity (Wildman–Crippen MR) is 73.6 cm³/mol. The number of esters is 1. The summed E-state index contributed by atoms with van der Waals surface area (Å²) in [6.07, 6.45) is 3.21. The van der Waals surface area contributed by atoms with Crippen LogP contribution in [0.4, 0.5) is 0 Å². The summed E-state index contributed by atoms with van der Waals surface area (Å²) in [6.45, 7) is 4.62. The van der Waals surface area contributed by atoms with Gasteiger partial charge in [0.25, 0.3) is 0 Å². The van der Waals surface area contributed by atoms with Crippen LogP contribution in [0.5, 0.6) is 0 Å². The van der Waals surface area contributed by atoms with Gasteiger partial charge in [-0.25, -0.2) is 4.79 Å². The molecule has 1 atom stereocenters. The third-order valence-corrected chi connectivity index (χ3v) is 4.02. The van der Waals surface area contributed by atoms with Crippen molar-refractivity contribution in [2.45, 2.75) is 45.1 Å². The molecule has 0 bridgehead atoms. The molecular weight excluding hydrogens is 244 g/mol. The second kappa shape index (κ2) is 6.89. The first kappa shape index (κ1) is 16.0. The lowest BCUT2D eigenvalue weighted by Crippen LogP contribution is -2.58. The predicted octanol–water partition coefficient (Wildman–Crippen LogP) is 1.08. The maximum Gasteiger partial charge on any atom is 0.331 e. The summed E-state index contributed by atoms with van der Waals surface area (Å²) in [6, 6.07) is 0. The first-order valence-electron chi connectivity index (χ1n) is 7.00. The molecule has 5 heteroatoms. The maximum absolute atomic E-state index is 12.1. The fourth-order valence-electron chi connectivity index (χ4n) is 2.59. The number of rotatable bonds is 5. The third-order valence-electron chi connectivity index (χ3n) is 4.02. The van der Waals surface area contributed by atoms with E-state index in [0.29, 0.717) is 25.3 Å². The lowest BCUT2D eigenvalue weighted by atomic mass is 9.77. The van der Waals surface area contributed by atoms with Crippen molar-refractivity contribution in [1.82, 2.24) is 10.6 Å².